The van der Waals surface area contributed by atoms with Gasteiger partial charge in [-0.15, -0.1) is 0 Å². The molecule has 1 fully saturated rings. The number of nitrogens with two attached hydrogens (primary N) is 1. The van der Waals surface area contributed by atoms with Crippen molar-refractivity contribution < 1.29 is 0 Å². The molecule has 0 aliphatic heterocycles. The maximum absolute atomic E-state index is 5.76. The topological polar surface area (TPSA) is 38.0 Å². The first-order chi connectivity index (χ1) is 7.35. The predicted octanol–water partition coefficient (Wildman–Crippen LogP) is 2.79. The van der Waals surface area contributed by atoms with Crippen molar-refractivity contribution in [3.05, 3.63) is 29.8 Å². The van der Waals surface area contributed by atoms with Gasteiger partial charge in [-0.25, -0.2) is 0 Å². The van der Waals surface area contributed by atoms with Gasteiger partial charge < -0.3 is 11.1 Å². The van der Waals surface area contributed by atoms with Crippen LogP contribution in [0.15, 0.2) is 24.3 Å². The Labute approximate surface area is 98.2 Å². The Morgan fingerprint density at radius 1 is 1.19 bits per heavy atom. The van der Waals surface area contributed by atoms with Crippen LogP contribution in [0.1, 0.15) is 33.3 Å². The maximum atomic E-state index is 5.76. The van der Waals surface area contributed by atoms with Gasteiger partial charge in [0.25, 0.3) is 0 Å². The normalized spacial score (nSPS) is 22.0. The Kier molecular flexibility index (Phi) is 2.50. The van der Waals surface area contributed by atoms with Gasteiger partial charge in [0.1, 0.15) is 0 Å². The molecule has 0 unspecified atom stereocenters. The molecular weight excluding hydrogens is 196 g/mol. The molecule has 0 heterocycles. The molecule has 1 aromatic carbocycles. The number of anilines is 1. The van der Waals surface area contributed by atoms with Crippen molar-refractivity contribution in [2.24, 2.45) is 10.8 Å². The highest BCUT2D eigenvalue weighted by Gasteiger charge is 2.64. The largest absolute Gasteiger partial charge is 0.399 e. The van der Waals surface area contributed by atoms with Crippen LogP contribution in [0.25, 0.3) is 0 Å². The highest BCUT2D eigenvalue weighted by molar-refractivity contribution is 5.40. The molecule has 2 heteroatoms. The van der Waals surface area contributed by atoms with Gasteiger partial charge in [0.05, 0.1) is 0 Å². The third-order valence-electron chi connectivity index (χ3n) is 4.48. The summed E-state index contributed by atoms with van der Waals surface area (Å²) in [5.74, 6) is 0. The lowest BCUT2D eigenvalue weighted by Crippen LogP contribution is -2.21. The number of nitrogen functional groups attached to an aromatic ring is 1. The van der Waals surface area contributed by atoms with Gasteiger partial charge in [0, 0.05) is 18.3 Å². The van der Waals surface area contributed by atoms with Crippen molar-refractivity contribution in [2.75, 3.05) is 5.73 Å². The Balaban J connectivity index is 1.95. The summed E-state index contributed by atoms with van der Waals surface area (Å²) >= 11 is 0. The van der Waals surface area contributed by atoms with E-state index in [2.05, 4.69) is 39.1 Å². The van der Waals surface area contributed by atoms with Crippen molar-refractivity contribution in [3.63, 3.8) is 0 Å². The van der Waals surface area contributed by atoms with E-state index in [1.165, 1.54) is 5.56 Å². The van der Waals surface area contributed by atoms with Crippen LogP contribution in [0.5, 0.6) is 0 Å². The molecule has 0 amide bonds. The van der Waals surface area contributed by atoms with E-state index in [0.717, 1.165) is 12.2 Å². The molecule has 16 heavy (non-hydrogen) atoms. The fourth-order valence-corrected chi connectivity index (χ4v) is 2.63. The minimum absolute atomic E-state index is 0.396. The predicted molar refractivity (Wildman–Crippen MR) is 69.0 cm³/mol. The van der Waals surface area contributed by atoms with Crippen LogP contribution >= 0.6 is 0 Å². The standard InChI is InChI=1S/C14H22N2/c1-13(2)12(14(13,3)4)16-9-10-6-5-7-11(15)8-10/h5-8,12,16H,9,15H2,1-4H3. The third-order valence-corrected chi connectivity index (χ3v) is 4.48. The average molecular weight is 218 g/mol. The van der Waals surface area contributed by atoms with Gasteiger partial charge in [0.2, 0.25) is 0 Å². The van der Waals surface area contributed by atoms with Crippen LogP contribution in [0.2, 0.25) is 0 Å². The molecule has 2 rings (SSSR count). The lowest BCUT2D eigenvalue weighted by molar-refractivity contribution is 0.457. The molecule has 88 valence electrons. The van der Waals surface area contributed by atoms with E-state index < -0.39 is 0 Å². The number of benzene rings is 1. The first-order valence-electron chi connectivity index (χ1n) is 5.93. The van der Waals surface area contributed by atoms with Crippen LogP contribution in [0, 0.1) is 10.8 Å². The van der Waals surface area contributed by atoms with Gasteiger partial charge >= 0.3 is 0 Å². The molecule has 1 aliphatic rings. The molecule has 0 atom stereocenters. The minimum Gasteiger partial charge on any atom is -0.399 e. The summed E-state index contributed by atoms with van der Waals surface area (Å²) in [5, 5.41) is 3.63. The Hall–Kier alpha value is -1.02. The molecule has 0 spiro atoms. The fraction of sp³-hybridized carbons (Fsp3) is 0.571. The number of hydrogen-bond donors (Lipinski definition) is 2. The number of hydrogen-bond acceptors (Lipinski definition) is 2. The van der Waals surface area contributed by atoms with Crippen molar-refractivity contribution in [2.45, 2.75) is 40.3 Å². The summed E-state index contributed by atoms with van der Waals surface area (Å²) < 4.78 is 0. The van der Waals surface area contributed by atoms with E-state index in [1.807, 2.05) is 18.2 Å². The van der Waals surface area contributed by atoms with Gasteiger partial charge in [-0.2, -0.15) is 0 Å². The van der Waals surface area contributed by atoms with Gasteiger partial charge in [-0.1, -0.05) is 39.8 Å². The average Bonchev–Trinajstić information content (AvgIpc) is 2.55. The van der Waals surface area contributed by atoms with Crippen molar-refractivity contribution >= 4 is 5.69 Å². The second-order valence-electron chi connectivity index (χ2n) is 6.00. The zero-order chi connectivity index (χ0) is 12.0. The second-order valence-corrected chi connectivity index (χ2v) is 6.00. The number of rotatable bonds is 3. The summed E-state index contributed by atoms with van der Waals surface area (Å²) in [6.07, 6.45) is 0. The molecule has 0 aromatic heterocycles. The van der Waals surface area contributed by atoms with E-state index >= 15 is 0 Å². The zero-order valence-electron chi connectivity index (χ0n) is 10.7. The highest BCUT2D eigenvalue weighted by atomic mass is 15.0. The Morgan fingerprint density at radius 3 is 2.31 bits per heavy atom. The molecule has 1 saturated carbocycles. The first-order valence-corrected chi connectivity index (χ1v) is 5.93. The van der Waals surface area contributed by atoms with E-state index in [0.29, 0.717) is 16.9 Å². The summed E-state index contributed by atoms with van der Waals surface area (Å²) in [7, 11) is 0. The highest BCUT2D eigenvalue weighted by Crippen LogP contribution is 2.62. The molecule has 1 aromatic rings. The Bertz CT molecular complexity index is 379. The molecule has 0 bridgehead atoms. The lowest BCUT2D eigenvalue weighted by Gasteiger charge is -2.07. The summed E-state index contributed by atoms with van der Waals surface area (Å²) in [6, 6.07) is 8.69. The third kappa shape index (κ3) is 1.71. The second kappa shape index (κ2) is 3.49. The van der Waals surface area contributed by atoms with E-state index in [1.54, 1.807) is 0 Å². The summed E-state index contributed by atoms with van der Waals surface area (Å²) in [4.78, 5) is 0. The molecule has 0 radical (unpaired) electrons. The van der Waals surface area contributed by atoms with Crippen LogP contribution in [0.3, 0.4) is 0 Å². The monoisotopic (exact) mass is 218 g/mol. The number of nitrogens with one attached hydrogen (secondary N) is 1. The van der Waals surface area contributed by atoms with E-state index in [4.69, 9.17) is 5.73 Å². The summed E-state index contributed by atoms with van der Waals surface area (Å²) in [5.41, 5.74) is 8.66. The van der Waals surface area contributed by atoms with Crippen LogP contribution in [-0.4, -0.2) is 6.04 Å². The Morgan fingerprint density at radius 2 is 1.81 bits per heavy atom. The van der Waals surface area contributed by atoms with Crippen molar-refractivity contribution in [1.82, 2.24) is 5.32 Å². The SMILES string of the molecule is CC1(C)C(NCc2cccc(N)c2)C1(C)C. The smallest absolute Gasteiger partial charge is 0.0317 e. The fourth-order valence-electron chi connectivity index (χ4n) is 2.63. The van der Waals surface area contributed by atoms with Crippen molar-refractivity contribution in [3.8, 4) is 0 Å². The molecule has 2 nitrogen and oxygen atoms in total. The first kappa shape index (κ1) is 11.5. The maximum Gasteiger partial charge on any atom is 0.0317 e. The quantitative estimate of drug-likeness (QED) is 0.766. The van der Waals surface area contributed by atoms with Crippen LogP contribution in [0.4, 0.5) is 5.69 Å². The molecule has 1 aliphatic carbocycles. The van der Waals surface area contributed by atoms with Crippen LogP contribution < -0.4 is 11.1 Å². The van der Waals surface area contributed by atoms with E-state index in [9.17, 15) is 0 Å². The summed E-state index contributed by atoms with van der Waals surface area (Å²) in [6.45, 7) is 10.2. The van der Waals surface area contributed by atoms with E-state index in [-0.39, 0.29) is 0 Å². The van der Waals surface area contributed by atoms with Gasteiger partial charge in [-0.05, 0) is 28.5 Å². The molecular formula is C14H22N2. The molecule has 0 saturated heterocycles. The van der Waals surface area contributed by atoms with Crippen LogP contribution in [-0.2, 0) is 6.54 Å². The minimum atomic E-state index is 0.396. The zero-order valence-corrected chi connectivity index (χ0v) is 10.7. The lowest BCUT2D eigenvalue weighted by atomic mass is 10.0. The van der Waals surface area contributed by atoms with Crippen molar-refractivity contribution in [1.29, 1.82) is 0 Å². The van der Waals surface area contributed by atoms with Gasteiger partial charge in [0.15, 0.2) is 0 Å². The molecule has 3 N–H and O–H groups in total. The van der Waals surface area contributed by atoms with Gasteiger partial charge in [-0.3, -0.25) is 0 Å².